The van der Waals surface area contributed by atoms with Crippen LogP contribution in [0.15, 0.2) is 45.5 Å². The molecule has 4 heteroatoms. The van der Waals surface area contributed by atoms with E-state index in [9.17, 15) is 4.79 Å². The van der Waals surface area contributed by atoms with Crippen molar-refractivity contribution in [3.05, 3.63) is 57.4 Å². The number of hydrogen-bond donors (Lipinski definition) is 0. The van der Waals surface area contributed by atoms with Crippen LogP contribution >= 0.6 is 27.5 Å². The Morgan fingerprint density at radius 3 is 2.80 bits per heavy atom. The number of halogens is 2. The first-order chi connectivity index (χ1) is 7.18. The Kier molecular flexibility index (Phi) is 2.93. The normalized spacial score (nSPS) is 10.3. The molecule has 1 aromatic carbocycles. The topological polar surface area (TPSA) is 30.2 Å². The number of rotatable bonds is 2. The molecule has 0 amide bonds. The highest BCUT2D eigenvalue weighted by molar-refractivity contribution is 9.10. The van der Waals surface area contributed by atoms with Crippen LogP contribution in [0, 0.1) is 0 Å². The molecule has 1 heterocycles. The molecule has 76 valence electrons. The summed E-state index contributed by atoms with van der Waals surface area (Å²) in [6.07, 6.45) is 1.46. The molecule has 0 aliphatic carbocycles. The van der Waals surface area contributed by atoms with Crippen molar-refractivity contribution in [3.63, 3.8) is 0 Å². The van der Waals surface area contributed by atoms with E-state index >= 15 is 0 Å². The van der Waals surface area contributed by atoms with E-state index in [-0.39, 0.29) is 5.78 Å². The number of hydrogen-bond acceptors (Lipinski definition) is 2. The second-order valence-corrected chi connectivity index (χ2v) is 4.22. The van der Waals surface area contributed by atoms with Crippen LogP contribution < -0.4 is 0 Å². The molecule has 0 spiro atoms. The van der Waals surface area contributed by atoms with Gasteiger partial charge >= 0.3 is 0 Å². The van der Waals surface area contributed by atoms with Crippen molar-refractivity contribution in [2.45, 2.75) is 0 Å². The van der Waals surface area contributed by atoms with Gasteiger partial charge in [-0.1, -0.05) is 27.5 Å². The van der Waals surface area contributed by atoms with Crippen LogP contribution in [0.5, 0.6) is 0 Å². The molecule has 0 radical (unpaired) electrons. The first-order valence-electron chi connectivity index (χ1n) is 4.22. The van der Waals surface area contributed by atoms with Gasteiger partial charge in [-0.05, 0) is 30.3 Å². The van der Waals surface area contributed by atoms with Crippen LogP contribution in [-0.4, -0.2) is 5.78 Å². The second-order valence-electron chi connectivity index (χ2n) is 2.93. The van der Waals surface area contributed by atoms with E-state index in [0.29, 0.717) is 20.8 Å². The number of ketones is 1. The highest BCUT2D eigenvalue weighted by Gasteiger charge is 2.15. The van der Waals surface area contributed by atoms with Gasteiger partial charge in [-0.2, -0.15) is 0 Å². The maximum atomic E-state index is 11.9. The standard InChI is InChI=1S/C11H6BrClO2/c12-9-4-3-7(13)6-8(9)11(14)10-2-1-5-15-10/h1-6H. The lowest BCUT2D eigenvalue weighted by atomic mass is 10.1. The number of benzene rings is 1. The minimum atomic E-state index is -0.186. The van der Waals surface area contributed by atoms with Gasteiger partial charge in [-0.3, -0.25) is 4.79 Å². The molecule has 2 nitrogen and oxygen atoms in total. The summed E-state index contributed by atoms with van der Waals surface area (Å²) >= 11 is 9.11. The average molecular weight is 286 g/mol. The van der Waals surface area contributed by atoms with Crippen molar-refractivity contribution < 1.29 is 9.21 Å². The summed E-state index contributed by atoms with van der Waals surface area (Å²) in [6, 6.07) is 8.35. The average Bonchev–Trinajstić information content (AvgIpc) is 2.74. The molecule has 0 bridgehead atoms. The van der Waals surface area contributed by atoms with E-state index in [2.05, 4.69) is 15.9 Å². The fourth-order valence-corrected chi connectivity index (χ4v) is 1.81. The van der Waals surface area contributed by atoms with Crippen LogP contribution in [0.2, 0.25) is 5.02 Å². The van der Waals surface area contributed by atoms with Crippen LogP contribution in [0.1, 0.15) is 16.1 Å². The zero-order valence-electron chi connectivity index (χ0n) is 7.54. The first-order valence-corrected chi connectivity index (χ1v) is 5.39. The van der Waals surface area contributed by atoms with Crippen molar-refractivity contribution in [1.82, 2.24) is 0 Å². The molecule has 0 N–H and O–H groups in total. The summed E-state index contributed by atoms with van der Waals surface area (Å²) < 4.78 is 5.73. The van der Waals surface area contributed by atoms with Crippen molar-refractivity contribution in [2.24, 2.45) is 0 Å². The second kappa shape index (κ2) is 4.21. The van der Waals surface area contributed by atoms with Gasteiger partial charge < -0.3 is 4.42 Å². The smallest absolute Gasteiger partial charge is 0.229 e. The first kappa shape index (κ1) is 10.5. The van der Waals surface area contributed by atoms with Crippen LogP contribution in [0.25, 0.3) is 0 Å². The van der Waals surface area contributed by atoms with E-state index in [1.807, 2.05) is 0 Å². The number of carbonyl (C=O) groups is 1. The quantitative estimate of drug-likeness (QED) is 0.783. The third-order valence-electron chi connectivity index (χ3n) is 1.92. The summed E-state index contributed by atoms with van der Waals surface area (Å²) in [6.45, 7) is 0. The van der Waals surface area contributed by atoms with Crippen LogP contribution in [0.4, 0.5) is 0 Å². The Morgan fingerprint density at radius 1 is 1.33 bits per heavy atom. The molecular weight excluding hydrogens is 279 g/mol. The molecule has 0 saturated carbocycles. The number of carbonyl (C=O) groups excluding carboxylic acids is 1. The molecule has 15 heavy (non-hydrogen) atoms. The van der Waals surface area contributed by atoms with Crippen LogP contribution in [-0.2, 0) is 0 Å². The zero-order chi connectivity index (χ0) is 10.8. The monoisotopic (exact) mass is 284 g/mol. The largest absolute Gasteiger partial charge is 0.461 e. The highest BCUT2D eigenvalue weighted by Crippen LogP contribution is 2.23. The van der Waals surface area contributed by atoms with Crippen molar-refractivity contribution >= 4 is 33.3 Å². The van der Waals surface area contributed by atoms with Gasteiger partial charge in [0.15, 0.2) is 5.76 Å². The minimum absolute atomic E-state index is 0.186. The molecule has 0 atom stereocenters. The Bertz CT molecular complexity index is 491. The van der Waals surface area contributed by atoms with Gasteiger partial charge in [0.1, 0.15) is 0 Å². The number of furan rings is 1. The van der Waals surface area contributed by atoms with Crippen molar-refractivity contribution in [1.29, 1.82) is 0 Å². The van der Waals surface area contributed by atoms with E-state index in [4.69, 9.17) is 16.0 Å². The SMILES string of the molecule is O=C(c1ccco1)c1cc(Cl)ccc1Br. The lowest BCUT2D eigenvalue weighted by molar-refractivity contribution is 0.101. The fraction of sp³-hybridized carbons (Fsp3) is 0. The van der Waals surface area contributed by atoms with Gasteiger partial charge in [0, 0.05) is 15.1 Å². The molecule has 0 aliphatic heterocycles. The Labute approximate surface area is 100.0 Å². The van der Waals surface area contributed by atoms with Gasteiger partial charge in [0.25, 0.3) is 0 Å². The molecule has 0 aliphatic rings. The molecular formula is C11H6BrClO2. The van der Waals surface area contributed by atoms with Gasteiger partial charge in [0.2, 0.25) is 5.78 Å². The fourth-order valence-electron chi connectivity index (χ4n) is 1.21. The molecule has 2 aromatic rings. The summed E-state index contributed by atoms with van der Waals surface area (Å²) in [7, 11) is 0. The lowest BCUT2D eigenvalue weighted by Gasteiger charge is -2.01. The van der Waals surface area contributed by atoms with E-state index in [0.717, 1.165) is 0 Å². The third kappa shape index (κ3) is 2.13. The zero-order valence-corrected chi connectivity index (χ0v) is 9.88. The summed E-state index contributed by atoms with van der Waals surface area (Å²) in [5.74, 6) is 0.118. The van der Waals surface area contributed by atoms with E-state index < -0.39 is 0 Å². The molecule has 2 rings (SSSR count). The molecule has 0 fully saturated rings. The maximum Gasteiger partial charge on any atom is 0.229 e. The van der Waals surface area contributed by atoms with Crippen molar-refractivity contribution in [2.75, 3.05) is 0 Å². The van der Waals surface area contributed by atoms with E-state index in [1.54, 1.807) is 30.3 Å². The van der Waals surface area contributed by atoms with Crippen LogP contribution in [0.3, 0.4) is 0 Å². The summed E-state index contributed by atoms with van der Waals surface area (Å²) in [4.78, 5) is 11.9. The third-order valence-corrected chi connectivity index (χ3v) is 2.84. The van der Waals surface area contributed by atoms with Gasteiger partial charge in [-0.15, -0.1) is 0 Å². The predicted octanol–water partition coefficient (Wildman–Crippen LogP) is 3.93. The maximum absolute atomic E-state index is 11.9. The molecule has 0 unspecified atom stereocenters. The highest BCUT2D eigenvalue weighted by atomic mass is 79.9. The minimum Gasteiger partial charge on any atom is -0.461 e. The summed E-state index contributed by atoms with van der Waals surface area (Å²) in [5, 5.41) is 0.521. The Balaban J connectivity index is 2.46. The Morgan fingerprint density at radius 2 is 2.13 bits per heavy atom. The summed E-state index contributed by atoms with van der Waals surface area (Å²) in [5.41, 5.74) is 0.498. The van der Waals surface area contributed by atoms with Crippen molar-refractivity contribution in [3.8, 4) is 0 Å². The van der Waals surface area contributed by atoms with Gasteiger partial charge in [0.05, 0.1) is 6.26 Å². The Hall–Kier alpha value is -1.06. The molecule has 1 aromatic heterocycles. The van der Waals surface area contributed by atoms with E-state index in [1.165, 1.54) is 6.26 Å². The lowest BCUT2D eigenvalue weighted by Crippen LogP contribution is -2.00. The predicted molar refractivity (Wildman–Crippen MR) is 61.3 cm³/mol. The molecule has 0 saturated heterocycles. The van der Waals surface area contributed by atoms with Gasteiger partial charge in [-0.25, -0.2) is 0 Å².